The highest BCUT2D eigenvalue weighted by atomic mass is 32.1. The number of rotatable bonds is 3. The summed E-state index contributed by atoms with van der Waals surface area (Å²) in [4.78, 5) is 15.8. The molecule has 2 heterocycles. The van der Waals surface area contributed by atoms with Gasteiger partial charge in [-0.3, -0.25) is 4.79 Å². The topological polar surface area (TPSA) is 41.6 Å². The fourth-order valence-corrected chi connectivity index (χ4v) is 3.60. The fraction of sp³-hybridized carbons (Fsp3) is 0.389. The second-order valence-corrected chi connectivity index (χ2v) is 7.65. The molecule has 3 rings (SSSR count). The number of hydrogen-bond donors (Lipinski definition) is 1. The first-order valence-corrected chi connectivity index (χ1v) is 8.59. The molecule has 122 valence electrons. The van der Waals surface area contributed by atoms with Gasteiger partial charge in [-0.1, -0.05) is 6.07 Å². The van der Waals surface area contributed by atoms with Crippen molar-refractivity contribution < 1.29 is 9.53 Å². The first-order valence-electron chi connectivity index (χ1n) is 7.71. The van der Waals surface area contributed by atoms with Crippen molar-refractivity contribution in [3.63, 3.8) is 0 Å². The van der Waals surface area contributed by atoms with E-state index in [4.69, 9.17) is 4.74 Å². The average molecular weight is 330 g/mol. The van der Waals surface area contributed by atoms with Gasteiger partial charge >= 0.3 is 0 Å². The first kappa shape index (κ1) is 15.9. The molecule has 0 saturated heterocycles. The van der Waals surface area contributed by atoms with Crippen LogP contribution in [0.3, 0.4) is 0 Å². The summed E-state index contributed by atoms with van der Waals surface area (Å²) in [7, 11) is 2.03. The third-order valence-electron chi connectivity index (χ3n) is 3.97. The highest BCUT2D eigenvalue weighted by Crippen LogP contribution is 2.38. The Morgan fingerprint density at radius 1 is 1.43 bits per heavy atom. The molecule has 5 heteroatoms. The number of likely N-dealkylation sites (N-methyl/N-ethyl adjacent to an activating group) is 1. The van der Waals surface area contributed by atoms with Crippen LogP contribution in [0.2, 0.25) is 0 Å². The van der Waals surface area contributed by atoms with Crippen molar-refractivity contribution in [2.24, 2.45) is 0 Å². The lowest BCUT2D eigenvalue weighted by molar-refractivity contribution is 0.0949. The summed E-state index contributed by atoms with van der Waals surface area (Å²) in [5.41, 5.74) is 2.38. The predicted molar refractivity (Wildman–Crippen MR) is 94.6 cm³/mol. The second-order valence-electron chi connectivity index (χ2n) is 6.61. The fourth-order valence-electron chi connectivity index (χ4n) is 2.96. The SMILES string of the molecule is Cc1cc2c(cc1C(=O)NCc1cccs1)N(C)CC(C)(C)O2. The largest absolute Gasteiger partial charge is 0.484 e. The molecule has 1 amide bonds. The van der Waals surface area contributed by atoms with Crippen LogP contribution in [0.1, 0.15) is 34.6 Å². The average Bonchev–Trinajstić information content (AvgIpc) is 2.96. The van der Waals surface area contributed by atoms with Gasteiger partial charge in [0.2, 0.25) is 0 Å². The number of anilines is 1. The molecule has 23 heavy (non-hydrogen) atoms. The smallest absolute Gasteiger partial charge is 0.251 e. The standard InChI is InChI=1S/C18H22N2O2S/c1-12-8-16-15(20(4)11-18(2,3)22-16)9-14(12)17(21)19-10-13-6-5-7-23-13/h5-9H,10-11H2,1-4H3,(H,19,21). The van der Waals surface area contributed by atoms with Crippen LogP contribution in [0.4, 0.5) is 5.69 Å². The number of nitrogens with zero attached hydrogens (tertiary/aromatic N) is 1. The Morgan fingerprint density at radius 2 is 2.22 bits per heavy atom. The number of benzene rings is 1. The summed E-state index contributed by atoms with van der Waals surface area (Å²) in [5, 5.41) is 5.01. The minimum atomic E-state index is -0.225. The van der Waals surface area contributed by atoms with E-state index >= 15 is 0 Å². The Bertz CT molecular complexity index is 723. The Kier molecular flexibility index (Phi) is 4.06. The molecule has 1 N–H and O–H groups in total. The molecule has 0 saturated carbocycles. The maximum atomic E-state index is 12.5. The number of ether oxygens (including phenoxy) is 1. The summed E-state index contributed by atoms with van der Waals surface area (Å²) in [5.74, 6) is 0.799. The van der Waals surface area contributed by atoms with Crippen LogP contribution in [0, 0.1) is 6.92 Å². The van der Waals surface area contributed by atoms with Crippen molar-refractivity contribution in [1.82, 2.24) is 5.32 Å². The highest BCUT2D eigenvalue weighted by Gasteiger charge is 2.31. The van der Waals surface area contributed by atoms with Gasteiger partial charge in [-0.25, -0.2) is 0 Å². The quantitative estimate of drug-likeness (QED) is 0.935. The lowest BCUT2D eigenvalue weighted by Gasteiger charge is -2.39. The van der Waals surface area contributed by atoms with E-state index in [1.807, 2.05) is 43.6 Å². The molecular weight excluding hydrogens is 308 g/mol. The Hall–Kier alpha value is -2.01. The van der Waals surface area contributed by atoms with E-state index in [1.54, 1.807) is 11.3 Å². The summed E-state index contributed by atoms with van der Waals surface area (Å²) in [6.07, 6.45) is 0. The number of aryl methyl sites for hydroxylation is 1. The van der Waals surface area contributed by atoms with E-state index in [2.05, 4.69) is 24.1 Å². The lowest BCUT2D eigenvalue weighted by atomic mass is 10.0. The van der Waals surface area contributed by atoms with Crippen LogP contribution < -0.4 is 15.0 Å². The summed E-state index contributed by atoms with van der Waals surface area (Å²) < 4.78 is 6.05. The van der Waals surface area contributed by atoms with Crippen LogP contribution in [0.25, 0.3) is 0 Å². The van der Waals surface area contributed by atoms with Gasteiger partial charge in [0, 0.05) is 17.5 Å². The van der Waals surface area contributed by atoms with E-state index < -0.39 is 0 Å². The number of fused-ring (bicyclic) bond motifs is 1. The Labute approximate surface area is 141 Å². The number of nitrogens with one attached hydrogen (secondary N) is 1. The Balaban J connectivity index is 1.83. The number of carbonyl (C=O) groups is 1. The zero-order chi connectivity index (χ0) is 16.6. The number of thiophene rings is 1. The second kappa shape index (κ2) is 5.89. The van der Waals surface area contributed by atoms with Gasteiger partial charge in [-0.05, 0) is 49.9 Å². The van der Waals surface area contributed by atoms with Gasteiger partial charge in [0.05, 0.1) is 18.8 Å². The van der Waals surface area contributed by atoms with Crippen molar-refractivity contribution in [2.45, 2.75) is 32.9 Å². The summed E-state index contributed by atoms with van der Waals surface area (Å²) in [6, 6.07) is 7.91. The van der Waals surface area contributed by atoms with Gasteiger partial charge in [-0.2, -0.15) is 0 Å². The van der Waals surface area contributed by atoms with Gasteiger partial charge in [-0.15, -0.1) is 11.3 Å². The minimum Gasteiger partial charge on any atom is -0.484 e. The van der Waals surface area contributed by atoms with Crippen molar-refractivity contribution in [2.75, 3.05) is 18.5 Å². The van der Waals surface area contributed by atoms with E-state index in [-0.39, 0.29) is 11.5 Å². The molecular formula is C18H22N2O2S. The molecule has 0 spiro atoms. The molecule has 0 aliphatic carbocycles. The molecule has 1 aromatic heterocycles. The zero-order valence-electron chi connectivity index (χ0n) is 14.0. The predicted octanol–water partition coefficient (Wildman–Crippen LogP) is 3.59. The van der Waals surface area contributed by atoms with Crippen LogP contribution in [0.15, 0.2) is 29.6 Å². The van der Waals surface area contributed by atoms with Gasteiger partial charge in [0.1, 0.15) is 11.4 Å². The van der Waals surface area contributed by atoms with E-state index in [1.165, 1.54) is 0 Å². The number of carbonyl (C=O) groups excluding carboxylic acids is 1. The van der Waals surface area contributed by atoms with Gasteiger partial charge < -0.3 is 15.0 Å². The van der Waals surface area contributed by atoms with Crippen molar-refractivity contribution in [3.05, 3.63) is 45.6 Å². The number of hydrogen-bond acceptors (Lipinski definition) is 4. The maximum Gasteiger partial charge on any atom is 0.251 e. The summed E-state index contributed by atoms with van der Waals surface area (Å²) in [6.45, 7) is 7.45. The van der Waals surface area contributed by atoms with Crippen molar-refractivity contribution in [1.29, 1.82) is 0 Å². The molecule has 0 unspecified atom stereocenters. The first-order chi connectivity index (χ1) is 10.9. The summed E-state index contributed by atoms with van der Waals surface area (Å²) >= 11 is 1.64. The monoisotopic (exact) mass is 330 g/mol. The molecule has 2 aromatic rings. The van der Waals surface area contributed by atoms with E-state index in [0.717, 1.165) is 28.4 Å². The van der Waals surface area contributed by atoms with Crippen LogP contribution in [-0.2, 0) is 6.54 Å². The normalized spacial score (nSPS) is 15.7. The minimum absolute atomic E-state index is 0.0445. The lowest BCUT2D eigenvalue weighted by Crippen LogP contribution is -2.45. The zero-order valence-corrected chi connectivity index (χ0v) is 14.8. The molecule has 0 fully saturated rings. The molecule has 0 atom stereocenters. The third kappa shape index (κ3) is 3.34. The van der Waals surface area contributed by atoms with Crippen LogP contribution in [0.5, 0.6) is 5.75 Å². The molecule has 4 nitrogen and oxygen atoms in total. The van der Waals surface area contributed by atoms with Crippen molar-refractivity contribution >= 4 is 22.9 Å². The van der Waals surface area contributed by atoms with Crippen LogP contribution in [-0.4, -0.2) is 25.1 Å². The molecule has 0 radical (unpaired) electrons. The van der Waals surface area contributed by atoms with Crippen molar-refractivity contribution in [3.8, 4) is 5.75 Å². The molecule has 1 aromatic carbocycles. The third-order valence-corrected chi connectivity index (χ3v) is 4.85. The van der Waals surface area contributed by atoms with Gasteiger partial charge in [0.25, 0.3) is 5.91 Å². The molecule has 1 aliphatic heterocycles. The van der Waals surface area contributed by atoms with E-state index in [0.29, 0.717) is 12.1 Å². The maximum absolute atomic E-state index is 12.5. The number of amides is 1. The van der Waals surface area contributed by atoms with E-state index in [9.17, 15) is 4.79 Å². The van der Waals surface area contributed by atoms with Crippen LogP contribution >= 0.6 is 11.3 Å². The van der Waals surface area contributed by atoms with Gasteiger partial charge in [0.15, 0.2) is 0 Å². The molecule has 1 aliphatic rings. The molecule has 0 bridgehead atoms. The Morgan fingerprint density at radius 3 is 2.91 bits per heavy atom. The highest BCUT2D eigenvalue weighted by molar-refractivity contribution is 7.09.